The zero-order valence-electron chi connectivity index (χ0n) is 18.4. The molecule has 1 atom stereocenters. The fraction of sp³-hybridized carbons (Fsp3) is 0.200. The summed E-state index contributed by atoms with van der Waals surface area (Å²) in [5.74, 6) is -0.0215. The number of anilines is 1. The summed E-state index contributed by atoms with van der Waals surface area (Å²) >= 11 is 0. The van der Waals surface area contributed by atoms with E-state index in [2.05, 4.69) is 4.72 Å². The zero-order valence-corrected chi connectivity index (χ0v) is 19.2. The van der Waals surface area contributed by atoms with Crippen LogP contribution in [0.3, 0.4) is 0 Å². The van der Waals surface area contributed by atoms with Crippen molar-refractivity contribution in [1.82, 2.24) is 4.90 Å². The molecule has 1 heterocycles. The van der Waals surface area contributed by atoms with Gasteiger partial charge in [0.15, 0.2) is 6.10 Å². The summed E-state index contributed by atoms with van der Waals surface area (Å²) in [6.07, 6.45) is -0.176. The maximum atomic E-state index is 13.2. The first kappa shape index (κ1) is 23.3. The standard InChI is InChI=1S/C25H22FN3O4S/c1-17-25(30)29(13-12-18-6-8-21(26)9-7-18)16-20-14-22(10-11-23(20)33-17)28-34(31,32)24-5-3-2-4-19(24)15-27/h2-11,14,17,28H,12-13,16H2,1H3/t17-/m0/s1. The van der Waals surface area contributed by atoms with E-state index in [1.54, 1.807) is 54.3 Å². The lowest BCUT2D eigenvalue weighted by atomic mass is 10.1. The third-order valence-electron chi connectivity index (χ3n) is 5.52. The summed E-state index contributed by atoms with van der Waals surface area (Å²) in [4.78, 5) is 14.4. The zero-order chi connectivity index (χ0) is 24.3. The smallest absolute Gasteiger partial charge is 0.263 e. The number of carbonyl (C=O) groups is 1. The first-order chi connectivity index (χ1) is 16.3. The van der Waals surface area contributed by atoms with Crippen molar-refractivity contribution in [2.24, 2.45) is 0 Å². The monoisotopic (exact) mass is 479 g/mol. The second-order valence-corrected chi connectivity index (χ2v) is 9.58. The van der Waals surface area contributed by atoms with E-state index in [-0.39, 0.29) is 34.4 Å². The Morgan fingerprint density at radius 1 is 1.15 bits per heavy atom. The molecule has 1 aliphatic heterocycles. The van der Waals surface area contributed by atoms with Crippen LogP contribution in [0.25, 0.3) is 0 Å². The minimum absolute atomic E-state index is 0.0412. The Hall–Kier alpha value is -3.90. The molecule has 0 radical (unpaired) electrons. The summed E-state index contributed by atoms with van der Waals surface area (Å²) in [7, 11) is -4.00. The first-order valence-electron chi connectivity index (χ1n) is 10.6. The highest BCUT2D eigenvalue weighted by Crippen LogP contribution is 2.30. The number of halogens is 1. The number of sulfonamides is 1. The number of benzene rings is 3. The molecule has 34 heavy (non-hydrogen) atoms. The van der Waals surface area contributed by atoms with Crippen LogP contribution < -0.4 is 9.46 Å². The quantitative estimate of drug-likeness (QED) is 0.579. The highest BCUT2D eigenvalue weighted by Gasteiger charge is 2.28. The van der Waals surface area contributed by atoms with E-state index >= 15 is 0 Å². The van der Waals surface area contributed by atoms with E-state index in [0.717, 1.165) is 5.56 Å². The summed E-state index contributed by atoms with van der Waals surface area (Å²) in [5.41, 5.74) is 1.87. The topological polar surface area (TPSA) is 99.5 Å². The SMILES string of the molecule is C[C@@H]1Oc2ccc(NS(=O)(=O)c3ccccc3C#N)cc2CN(CCc2ccc(F)cc2)C1=O. The van der Waals surface area contributed by atoms with Crippen LogP contribution in [-0.4, -0.2) is 31.9 Å². The molecule has 4 rings (SSSR count). The third kappa shape index (κ3) is 5.02. The molecule has 1 aliphatic rings. The minimum atomic E-state index is -4.00. The Bertz CT molecular complexity index is 1370. The molecule has 9 heteroatoms. The second kappa shape index (κ2) is 9.53. The van der Waals surface area contributed by atoms with E-state index in [0.29, 0.717) is 24.3 Å². The van der Waals surface area contributed by atoms with Crippen LogP contribution >= 0.6 is 0 Å². The van der Waals surface area contributed by atoms with Crippen molar-refractivity contribution in [2.45, 2.75) is 30.9 Å². The van der Waals surface area contributed by atoms with Gasteiger partial charge in [-0.1, -0.05) is 24.3 Å². The fourth-order valence-electron chi connectivity index (χ4n) is 3.77. The summed E-state index contributed by atoms with van der Waals surface area (Å²) in [6.45, 7) is 2.28. The highest BCUT2D eigenvalue weighted by atomic mass is 32.2. The summed E-state index contributed by atoms with van der Waals surface area (Å²) in [6, 6.07) is 18.7. The van der Waals surface area contributed by atoms with Crippen LogP contribution in [-0.2, 0) is 27.8 Å². The van der Waals surface area contributed by atoms with Gasteiger partial charge in [-0.15, -0.1) is 0 Å². The van der Waals surface area contributed by atoms with E-state index in [1.165, 1.54) is 24.3 Å². The number of ether oxygens (including phenoxy) is 1. The predicted molar refractivity (Wildman–Crippen MR) is 124 cm³/mol. The summed E-state index contributed by atoms with van der Waals surface area (Å²) < 4.78 is 47.3. The van der Waals surface area contributed by atoms with E-state index in [9.17, 15) is 22.9 Å². The third-order valence-corrected chi connectivity index (χ3v) is 6.96. The van der Waals surface area contributed by atoms with Crippen molar-refractivity contribution in [1.29, 1.82) is 5.26 Å². The van der Waals surface area contributed by atoms with Crippen molar-refractivity contribution in [3.05, 3.63) is 89.2 Å². The van der Waals surface area contributed by atoms with Crippen molar-refractivity contribution >= 4 is 21.6 Å². The molecule has 0 unspecified atom stereocenters. The van der Waals surface area contributed by atoms with Crippen LogP contribution in [0.15, 0.2) is 71.6 Å². The van der Waals surface area contributed by atoms with Gasteiger partial charge in [-0.2, -0.15) is 5.26 Å². The Morgan fingerprint density at radius 2 is 1.88 bits per heavy atom. The normalized spacial score (nSPS) is 15.6. The van der Waals surface area contributed by atoms with Gasteiger partial charge < -0.3 is 9.64 Å². The number of nitriles is 1. The number of carbonyl (C=O) groups excluding carboxylic acids is 1. The summed E-state index contributed by atoms with van der Waals surface area (Å²) in [5, 5.41) is 9.25. The van der Waals surface area contributed by atoms with Crippen LogP contribution in [0.2, 0.25) is 0 Å². The predicted octanol–water partition coefficient (Wildman–Crippen LogP) is 3.85. The lowest BCUT2D eigenvalue weighted by Gasteiger charge is -2.22. The van der Waals surface area contributed by atoms with Gasteiger partial charge in [-0.3, -0.25) is 9.52 Å². The number of hydrogen-bond donors (Lipinski definition) is 1. The average Bonchev–Trinajstić information content (AvgIpc) is 2.94. The van der Waals surface area contributed by atoms with Gasteiger partial charge >= 0.3 is 0 Å². The Labute approximate surface area is 197 Å². The van der Waals surface area contributed by atoms with Crippen molar-refractivity contribution in [3.63, 3.8) is 0 Å². The minimum Gasteiger partial charge on any atom is -0.481 e. The molecular weight excluding hydrogens is 457 g/mol. The van der Waals surface area contributed by atoms with Gasteiger partial charge in [0, 0.05) is 24.3 Å². The van der Waals surface area contributed by atoms with Crippen LogP contribution in [0, 0.1) is 17.1 Å². The number of nitrogens with zero attached hydrogens (tertiary/aromatic N) is 2. The van der Waals surface area contributed by atoms with E-state index < -0.39 is 16.1 Å². The molecule has 0 aromatic heterocycles. The number of amides is 1. The molecule has 0 fully saturated rings. The molecule has 7 nitrogen and oxygen atoms in total. The fourth-order valence-corrected chi connectivity index (χ4v) is 4.98. The molecular formula is C25H22FN3O4S. The molecule has 3 aromatic carbocycles. The van der Waals surface area contributed by atoms with E-state index in [4.69, 9.17) is 4.74 Å². The van der Waals surface area contributed by atoms with Gasteiger partial charge in [0.1, 0.15) is 22.5 Å². The second-order valence-electron chi connectivity index (χ2n) is 7.93. The lowest BCUT2D eigenvalue weighted by molar-refractivity contribution is -0.137. The number of nitrogens with one attached hydrogen (secondary N) is 1. The molecule has 1 amide bonds. The molecule has 0 saturated heterocycles. The van der Waals surface area contributed by atoms with Gasteiger partial charge in [0.2, 0.25) is 0 Å². The van der Waals surface area contributed by atoms with Crippen molar-refractivity contribution in [2.75, 3.05) is 11.3 Å². The number of hydrogen-bond acceptors (Lipinski definition) is 5. The molecule has 0 spiro atoms. The largest absolute Gasteiger partial charge is 0.481 e. The number of rotatable bonds is 6. The molecule has 1 N–H and O–H groups in total. The molecule has 3 aromatic rings. The Morgan fingerprint density at radius 3 is 2.62 bits per heavy atom. The van der Waals surface area contributed by atoms with Crippen LogP contribution in [0.1, 0.15) is 23.6 Å². The Balaban J connectivity index is 1.57. The van der Waals surface area contributed by atoms with E-state index in [1.807, 2.05) is 6.07 Å². The lowest BCUT2D eigenvalue weighted by Crippen LogP contribution is -2.39. The first-order valence-corrected chi connectivity index (χ1v) is 12.1. The van der Waals surface area contributed by atoms with Gasteiger partial charge in [0.25, 0.3) is 15.9 Å². The van der Waals surface area contributed by atoms with Gasteiger partial charge in [-0.05, 0) is 61.4 Å². The van der Waals surface area contributed by atoms with Crippen LogP contribution in [0.4, 0.5) is 10.1 Å². The highest BCUT2D eigenvalue weighted by molar-refractivity contribution is 7.92. The molecule has 0 saturated carbocycles. The average molecular weight is 480 g/mol. The van der Waals surface area contributed by atoms with Crippen LogP contribution in [0.5, 0.6) is 5.75 Å². The number of fused-ring (bicyclic) bond motifs is 1. The Kier molecular flexibility index (Phi) is 6.52. The molecule has 174 valence electrons. The maximum absolute atomic E-state index is 13.2. The molecule has 0 aliphatic carbocycles. The van der Waals surface area contributed by atoms with Crippen molar-refractivity contribution in [3.8, 4) is 11.8 Å². The maximum Gasteiger partial charge on any atom is 0.263 e. The van der Waals surface area contributed by atoms with Crippen molar-refractivity contribution < 1.29 is 22.3 Å². The molecule has 0 bridgehead atoms. The van der Waals surface area contributed by atoms with Gasteiger partial charge in [0.05, 0.1) is 5.56 Å². The van der Waals surface area contributed by atoms with Gasteiger partial charge in [-0.25, -0.2) is 12.8 Å².